The number of likely N-dealkylation sites (tertiary alicyclic amines) is 1. The Morgan fingerprint density at radius 1 is 1.18 bits per heavy atom. The summed E-state index contributed by atoms with van der Waals surface area (Å²) < 4.78 is 16.8. The van der Waals surface area contributed by atoms with Crippen molar-refractivity contribution in [2.75, 3.05) is 38.7 Å². The van der Waals surface area contributed by atoms with Crippen molar-refractivity contribution in [1.29, 1.82) is 0 Å². The fourth-order valence-electron chi connectivity index (χ4n) is 3.60. The van der Waals surface area contributed by atoms with E-state index in [0.717, 1.165) is 11.3 Å². The van der Waals surface area contributed by atoms with E-state index in [4.69, 9.17) is 14.2 Å². The summed E-state index contributed by atoms with van der Waals surface area (Å²) in [5, 5.41) is 3.22. The van der Waals surface area contributed by atoms with Crippen LogP contribution in [0.5, 0.6) is 5.75 Å². The van der Waals surface area contributed by atoms with Gasteiger partial charge in [0.05, 0.1) is 26.0 Å². The first-order valence-corrected chi connectivity index (χ1v) is 9.39. The van der Waals surface area contributed by atoms with Gasteiger partial charge < -0.3 is 24.4 Å². The largest absolute Gasteiger partial charge is 0.495 e. The lowest BCUT2D eigenvalue weighted by Crippen LogP contribution is -2.47. The quantitative estimate of drug-likeness (QED) is 0.867. The predicted molar refractivity (Wildman–Crippen MR) is 103 cm³/mol. The van der Waals surface area contributed by atoms with Crippen molar-refractivity contribution >= 4 is 17.4 Å². The first kappa shape index (κ1) is 18.6. The van der Waals surface area contributed by atoms with Crippen LogP contribution < -0.4 is 10.1 Å². The van der Waals surface area contributed by atoms with Crippen LogP contribution in [-0.4, -0.2) is 60.0 Å². The Labute approximate surface area is 163 Å². The number of carbonyl (C=O) groups excluding carboxylic acids is 1. The molecule has 0 radical (unpaired) electrons. The molecule has 0 unspecified atom stereocenters. The van der Waals surface area contributed by atoms with Crippen LogP contribution in [0.2, 0.25) is 0 Å². The van der Waals surface area contributed by atoms with Crippen LogP contribution >= 0.6 is 0 Å². The van der Waals surface area contributed by atoms with Crippen molar-refractivity contribution in [1.82, 2.24) is 14.9 Å². The van der Waals surface area contributed by atoms with Crippen LogP contribution in [0.1, 0.15) is 28.9 Å². The summed E-state index contributed by atoms with van der Waals surface area (Å²) in [6.07, 6.45) is 2.75. The number of methoxy groups -OCH3 is 1. The van der Waals surface area contributed by atoms with Crippen LogP contribution in [-0.2, 0) is 9.47 Å². The van der Waals surface area contributed by atoms with Gasteiger partial charge >= 0.3 is 0 Å². The normalized spacial score (nSPS) is 18.3. The van der Waals surface area contributed by atoms with E-state index in [-0.39, 0.29) is 5.91 Å². The number of rotatable bonds is 4. The summed E-state index contributed by atoms with van der Waals surface area (Å²) in [7, 11) is 1.62. The van der Waals surface area contributed by atoms with Crippen molar-refractivity contribution in [3.05, 3.63) is 41.9 Å². The second kappa shape index (κ2) is 7.73. The van der Waals surface area contributed by atoms with Gasteiger partial charge in [-0.05, 0) is 24.6 Å². The highest BCUT2D eigenvalue weighted by Crippen LogP contribution is 2.32. The van der Waals surface area contributed by atoms with Crippen molar-refractivity contribution in [2.24, 2.45) is 0 Å². The highest BCUT2D eigenvalue weighted by Gasteiger charge is 2.41. The summed E-state index contributed by atoms with van der Waals surface area (Å²) in [5.41, 5.74) is 2.23. The van der Waals surface area contributed by atoms with Gasteiger partial charge in [-0.3, -0.25) is 4.79 Å². The number of hydrogen-bond acceptors (Lipinski definition) is 7. The Bertz CT molecular complexity index is 857. The van der Waals surface area contributed by atoms with Gasteiger partial charge in [0.25, 0.3) is 5.91 Å². The summed E-state index contributed by atoms with van der Waals surface area (Å²) in [5.74, 6) is 0.624. The molecular weight excluding hydrogens is 360 g/mol. The van der Waals surface area contributed by atoms with Crippen LogP contribution in [0, 0.1) is 6.92 Å². The molecule has 2 aliphatic heterocycles. The fourth-order valence-corrected chi connectivity index (χ4v) is 3.60. The van der Waals surface area contributed by atoms with Crippen LogP contribution in [0.25, 0.3) is 0 Å². The standard InChI is InChI=1S/C20H24N4O4/c1-14-3-4-17(26-2)15(11-14)23-18-12-16(21-13-22-18)19(25)24-7-5-20(6-8-24)27-9-10-28-20/h3-4,11-13H,5-10H2,1-2H3,(H,21,22,23). The Morgan fingerprint density at radius 2 is 1.93 bits per heavy atom. The number of aryl methyl sites for hydroxylation is 1. The zero-order valence-corrected chi connectivity index (χ0v) is 16.1. The molecule has 3 heterocycles. The minimum atomic E-state index is -0.503. The number of aromatic nitrogens is 2. The average molecular weight is 384 g/mol. The zero-order chi connectivity index (χ0) is 19.6. The van der Waals surface area contributed by atoms with Gasteiger partial charge in [-0.2, -0.15) is 0 Å². The Morgan fingerprint density at radius 3 is 2.64 bits per heavy atom. The van der Waals surface area contributed by atoms with Crippen molar-refractivity contribution in [2.45, 2.75) is 25.6 Å². The highest BCUT2D eigenvalue weighted by atomic mass is 16.7. The molecule has 2 saturated heterocycles. The Kier molecular flexibility index (Phi) is 5.15. The van der Waals surface area contributed by atoms with Gasteiger partial charge in [-0.25, -0.2) is 9.97 Å². The van der Waals surface area contributed by atoms with Gasteiger partial charge in [-0.15, -0.1) is 0 Å². The average Bonchev–Trinajstić information content (AvgIpc) is 3.16. The number of amides is 1. The molecule has 1 N–H and O–H groups in total. The monoisotopic (exact) mass is 384 g/mol. The van der Waals surface area contributed by atoms with E-state index in [1.54, 1.807) is 18.1 Å². The van der Waals surface area contributed by atoms with Gasteiger partial charge in [0.2, 0.25) is 0 Å². The van der Waals surface area contributed by atoms with Crippen molar-refractivity contribution in [3.8, 4) is 5.75 Å². The van der Waals surface area contributed by atoms with E-state index in [9.17, 15) is 4.79 Å². The molecule has 0 atom stereocenters. The number of anilines is 2. The van der Waals surface area contributed by atoms with Gasteiger partial charge in [0.15, 0.2) is 5.79 Å². The molecule has 2 aliphatic rings. The molecule has 28 heavy (non-hydrogen) atoms. The fraction of sp³-hybridized carbons (Fsp3) is 0.450. The first-order valence-electron chi connectivity index (χ1n) is 9.39. The summed E-state index contributed by atoms with van der Waals surface area (Å²) >= 11 is 0. The SMILES string of the molecule is COc1ccc(C)cc1Nc1cc(C(=O)N2CCC3(CC2)OCCO3)ncn1. The maximum atomic E-state index is 12.9. The first-order chi connectivity index (χ1) is 13.6. The van der Waals surface area contributed by atoms with Gasteiger partial charge in [0.1, 0.15) is 23.6 Å². The minimum absolute atomic E-state index is 0.116. The Balaban J connectivity index is 1.46. The number of nitrogens with zero attached hydrogens (tertiary/aromatic N) is 3. The molecule has 0 bridgehead atoms. The molecule has 2 fully saturated rings. The lowest BCUT2D eigenvalue weighted by molar-refractivity contribution is -0.181. The van der Waals surface area contributed by atoms with E-state index >= 15 is 0 Å². The molecule has 2 aromatic rings. The van der Waals surface area contributed by atoms with E-state index in [1.807, 2.05) is 25.1 Å². The maximum Gasteiger partial charge on any atom is 0.272 e. The summed E-state index contributed by atoms with van der Waals surface area (Å²) in [6, 6.07) is 7.49. The molecule has 0 saturated carbocycles. The molecule has 1 amide bonds. The predicted octanol–water partition coefficient (Wildman–Crippen LogP) is 2.52. The third kappa shape index (κ3) is 3.79. The van der Waals surface area contributed by atoms with Crippen molar-refractivity contribution in [3.63, 3.8) is 0 Å². The second-order valence-corrected chi connectivity index (χ2v) is 7.02. The smallest absolute Gasteiger partial charge is 0.272 e. The molecular formula is C20H24N4O4. The lowest BCUT2D eigenvalue weighted by Gasteiger charge is -2.37. The van der Waals surface area contributed by atoms with Gasteiger partial charge in [0, 0.05) is 32.0 Å². The Hall–Kier alpha value is -2.71. The van der Waals surface area contributed by atoms with E-state index in [1.165, 1.54) is 6.33 Å². The van der Waals surface area contributed by atoms with Gasteiger partial charge in [-0.1, -0.05) is 6.07 Å². The summed E-state index contributed by atoms with van der Waals surface area (Å²) in [6.45, 7) is 4.41. The summed E-state index contributed by atoms with van der Waals surface area (Å²) in [4.78, 5) is 23.1. The molecule has 8 nitrogen and oxygen atoms in total. The minimum Gasteiger partial charge on any atom is -0.495 e. The maximum absolute atomic E-state index is 12.9. The molecule has 0 aliphatic carbocycles. The van der Waals surface area contributed by atoms with Crippen LogP contribution in [0.4, 0.5) is 11.5 Å². The molecule has 8 heteroatoms. The number of benzene rings is 1. The number of nitrogens with one attached hydrogen (secondary N) is 1. The zero-order valence-electron chi connectivity index (χ0n) is 16.1. The topological polar surface area (TPSA) is 85.8 Å². The number of hydrogen-bond donors (Lipinski definition) is 1. The number of ether oxygens (including phenoxy) is 3. The van der Waals surface area contributed by atoms with E-state index < -0.39 is 5.79 Å². The molecule has 1 aromatic carbocycles. The van der Waals surface area contributed by atoms with Crippen LogP contribution in [0.15, 0.2) is 30.6 Å². The lowest BCUT2D eigenvalue weighted by atomic mass is 10.0. The molecule has 4 rings (SSSR count). The number of carbonyl (C=O) groups is 1. The highest BCUT2D eigenvalue weighted by molar-refractivity contribution is 5.93. The molecule has 1 spiro atoms. The van der Waals surface area contributed by atoms with E-state index in [0.29, 0.717) is 56.4 Å². The molecule has 148 valence electrons. The second-order valence-electron chi connectivity index (χ2n) is 7.02. The molecule has 1 aromatic heterocycles. The third-order valence-electron chi connectivity index (χ3n) is 5.13. The van der Waals surface area contributed by atoms with Crippen LogP contribution in [0.3, 0.4) is 0 Å². The van der Waals surface area contributed by atoms with Crippen molar-refractivity contribution < 1.29 is 19.0 Å². The third-order valence-corrected chi connectivity index (χ3v) is 5.13. The number of piperidine rings is 1. The van der Waals surface area contributed by atoms with E-state index in [2.05, 4.69) is 15.3 Å².